The summed E-state index contributed by atoms with van der Waals surface area (Å²) in [5.74, 6) is 0.0324. The van der Waals surface area contributed by atoms with Gasteiger partial charge in [0.2, 0.25) is 5.88 Å². The van der Waals surface area contributed by atoms with Gasteiger partial charge in [-0.3, -0.25) is 4.79 Å². The second-order valence-corrected chi connectivity index (χ2v) is 6.26. The number of halogens is 2. The SMILES string of the molecule is O=C(Nc1ccc(Oc2ccc(-n3cccn3)nn2)cc1)c1c(F)cccc1Cl. The summed E-state index contributed by atoms with van der Waals surface area (Å²) in [6, 6.07) is 15.8. The third-order valence-electron chi connectivity index (χ3n) is 3.89. The molecule has 0 saturated heterocycles. The molecule has 1 amide bonds. The quantitative estimate of drug-likeness (QED) is 0.524. The molecule has 0 radical (unpaired) electrons. The average molecular weight is 410 g/mol. The van der Waals surface area contributed by atoms with Gasteiger partial charge in [0.25, 0.3) is 5.91 Å². The second kappa shape index (κ2) is 8.07. The molecular formula is C20H13ClFN5O2. The maximum absolute atomic E-state index is 13.8. The minimum absolute atomic E-state index is 0.0413. The third-order valence-corrected chi connectivity index (χ3v) is 4.20. The summed E-state index contributed by atoms with van der Waals surface area (Å²) in [7, 11) is 0. The zero-order chi connectivity index (χ0) is 20.2. The van der Waals surface area contributed by atoms with Crippen molar-refractivity contribution >= 4 is 23.2 Å². The molecule has 1 N–H and O–H groups in total. The average Bonchev–Trinajstić information content (AvgIpc) is 3.25. The zero-order valence-electron chi connectivity index (χ0n) is 14.8. The lowest BCUT2D eigenvalue weighted by Gasteiger charge is -2.09. The molecule has 0 saturated carbocycles. The Morgan fingerprint density at radius 3 is 2.52 bits per heavy atom. The number of rotatable bonds is 5. The number of hydrogen-bond donors (Lipinski definition) is 1. The lowest BCUT2D eigenvalue weighted by Crippen LogP contribution is -2.14. The normalized spacial score (nSPS) is 10.6. The van der Waals surface area contributed by atoms with Crippen LogP contribution in [0.2, 0.25) is 5.02 Å². The van der Waals surface area contributed by atoms with Gasteiger partial charge in [-0.25, -0.2) is 9.07 Å². The molecule has 144 valence electrons. The van der Waals surface area contributed by atoms with Crippen molar-refractivity contribution in [1.82, 2.24) is 20.0 Å². The van der Waals surface area contributed by atoms with E-state index in [2.05, 4.69) is 20.6 Å². The minimum Gasteiger partial charge on any atom is -0.438 e. The number of amides is 1. The highest BCUT2D eigenvalue weighted by Crippen LogP contribution is 2.23. The van der Waals surface area contributed by atoms with Crippen LogP contribution in [0.1, 0.15) is 10.4 Å². The molecule has 2 aromatic carbocycles. The number of nitrogens with zero attached hydrogens (tertiary/aromatic N) is 4. The van der Waals surface area contributed by atoms with Crippen LogP contribution in [0.4, 0.5) is 10.1 Å². The summed E-state index contributed by atoms with van der Waals surface area (Å²) in [6.07, 6.45) is 3.40. The molecule has 4 rings (SSSR count). The summed E-state index contributed by atoms with van der Waals surface area (Å²) in [5.41, 5.74) is 0.254. The van der Waals surface area contributed by atoms with E-state index in [-0.39, 0.29) is 10.6 Å². The molecule has 2 aromatic heterocycles. The number of benzene rings is 2. The van der Waals surface area contributed by atoms with Crippen LogP contribution in [-0.2, 0) is 0 Å². The van der Waals surface area contributed by atoms with Crippen molar-refractivity contribution in [3.8, 4) is 17.4 Å². The van der Waals surface area contributed by atoms with Gasteiger partial charge >= 0.3 is 0 Å². The van der Waals surface area contributed by atoms with Gasteiger partial charge in [0.1, 0.15) is 11.6 Å². The summed E-state index contributed by atoms with van der Waals surface area (Å²) in [6.45, 7) is 0. The highest BCUT2D eigenvalue weighted by Gasteiger charge is 2.15. The van der Waals surface area contributed by atoms with Crippen molar-refractivity contribution in [2.75, 3.05) is 5.32 Å². The largest absolute Gasteiger partial charge is 0.438 e. The van der Waals surface area contributed by atoms with Crippen molar-refractivity contribution in [3.63, 3.8) is 0 Å². The number of aromatic nitrogens is 4. The lowest BCUT2D eigenvalue weighted by molar-refractivity contribution is 0.102. The molecule has 0 spiro atoms. The Kier molecular flexibility index (Phi) is 5.17. The second-order valence-electron chi connectivity index (χ2n) is 5.86. The van der Waals surface area contributed by atoms with Crippen LogP contribution in [-0.4, -0.2) is 25.9 Å². The Hall–Kier alpha value is -3.78. The van der Waals surface area contributed by atoms with Crippen molar-refractivity contribution in [3.05, 3.63) is 89.5 Å². The van der Waals surface area contributed by atoms with Crippen molar-refractivity contribution in [1.29, 1.82) is 0 Å². The van der Waals surface area contributed by atoms with E-state index in [0.29, 0.717) is 23.1 Å². The molecule has 4 aromatic rings. The molecular weight excluding hydrogens is 397 g/mol. The van der Waals surface area contributed by atoms with Crippen LogP contribution in [0.15, 0.2) is 73.1 Å². The minimum atomic E-state index is -0.688. The number of carbonyl (C=O) groups is 1. The number of carbonyl (C=O) groups excluding carboxylic acids is 1. The molecule has 0 atom stereocenters. The lowest BCUT2D eigenvalue weighted by atomic mass is 10.2. The van der Waals surface area contributed by atoms with Gasteiger partial charge in [0, 0.05) is 24.1 Å². The smallest absolute Gasteiger partial charge is 0.260 e. The third kappa shape index (κ3) is 4.22. The van der Waals surface area contributed by atoms with E-state index in [4.69, 9.17) is 16.3 Å². The van der Waals surface area contributed by atoms with E-state index in [9.17, 15) is 9.18 Å². The summed E-state index contributed by atoms with van der Waals surface area (Å²) < 4.78 is 21.1. The first-order valence-corrected chi connectivity index (χ1v) is 8.85. The van der Waals surface area contributed by atoms with E-state index in [1.807, 2.05) is 0 Å². The van der Waals surface area contributed by atoms with Gasteiger partial charge in [-0.1, -0.05) is 17.7 Å². The van der Waals surface area contributed by atoms with Crippen molar-refractivity contribution in [2.45, 2.75) is 0 Å². The number of ether oxygens (including phenoxy) is 1. The molecule has 0 bridgehead atoms. The first kappa shape index (κ1) is 18.6. The van der Waals surface area contributed by atoms with Crippen LogP contribution in [0.5, 0.6) is 11.6 Å². The Labute approximate surface area is 169 Å². The van der Waals surface area contributed by atoms with Gasteiger partial charge in [-0.15, -0.1) is 10.2 Å². The predicted octanol–water partition coefficient (Wildman–Crippen LogP) is 4.50. The maximum Gasteiger partial charge on any atom is 0.260 e. The molecule has 0 aliphatic rings. The highest BCUT2D eigenvalue weighted by molar-refractivity contribution is 6.34. The monoisotopic (exact) mass is 409 g/mol. The summed E-state index contributed by atoms with van der Waals surface area (Å²) >= 11 is 5.91. The van der Waals surface area contributed by atoms with Crippen LogP contribution in [0, 0.1) is 5.82 Å². The van der Waals surface area contributed by atoms with Crippen LogP contribution < -0.4 is 10.1 Å². The van der Waals surface area contributed by atoms with E-state index < -0.39 is 11.7 Å². The zero-order valence-corrected chi connectivity index (χ0v) is 15.5. The Bertz CT molecular complexity index is 1110. The van der Waals surface area contributed by atoms with Crippen molar-refractivity contribution in [2.24, 2.45) is 0 Å². The molecule has 7 nitrogen and oxygen atoms in total. The molecule has 0 aliphatic heterocycles. The number of hydrogen-bond acceptors (Lipinski definition) is 5. The fraction of sp³-hybridized carbons (Fsp3) is 0. The Morgan fingerprint density at radius 1 is 1.03 bits per heavy atom. The standard InChI is InChI=1S/C20H13ClFN5O2/c21-15-3-1-4-16(22)19(15)20(28)24-13-5-7-14(8-6-13)29-18-10-9-17(25-26-18)27-12-2-11-23-27/h1-12H,(H,24,28). The van der Waals surface area contributed by atoms with Crippen LogP contribution in [0.3, 0.4) is 0 Å². The van der Waals surface area contributed by atoms with Crippen LogP contribution in [0.25, 0.3) is 5.82 Å². The Balaban J connectivity index is 1.42. The van der Waals surface area contributed by atoms with E-state index in [1.165, 1.54) is 18.2 Å². The van der Waals surface area contributed by atoms with Gasteiger partial charge in [0.15, 0.2) is 5.82 Å². The Morgan fingerprint density at radius 2 is 1.86 bits per heavy atom. The molecule has 0 unspecified atom stereocenters. The van der Waals surface area contributed by atoms with E-state index in [1.54, 1.807) is 59.5 Å². The molecule has 2 heterocycles. The molecule has 0 aliphatic carbocycles. The predicted molar refractivity (Wildman–Crippen MR) is 105 cm³/mol. The van der Waals surface area contributed by atoms with Crippen molar-refractivity contribution < 1.29 is 13.9 Å². The first-order chi connectivity index (χ1) is 14.1. The summed E-state index contributed by atoms with van der Waals surface area (Å²) in [4.78, 5) is 12.3. The van der Waals surface area contributed by atoms with Gasteiger partial charge < -0.3 is 10.1 Å². The fourth-order valence-electron chi connectivity index (χ4n) is 2.53. The summed E-state index contributed by atoms with van der Waals surface area (Å²) in [5, 5.41) is 14.8. The maximum atomic E-state index is 13.8. The van der Waals surface area contributed by atoms with E-state index >= 15 is 0 Å². The number of nitrogens with one attached hydrogen (secondary N) is 1. The van der Waals surface area contributed by atoms with Crippen LogP contribution >= 0.6 is 11.6 Å². The molecule has 29 heavy (non-hydrogen) atoms. The topological polar surface area (TPSA) is 81.9 Å². The molecule has 0 fully saturated rings. The van der Waals surface area contributed by atoms with Gasteiger partial charge in [-0.05, 0) is 48.5 Å². The van der Waals surface area contributed by atoms with E-state index in [0.717, 1.165) is 0 Å². The fourth-order valence-corrected chi connectivity index (χ4v) is 2.78. The number of anilines is 1. The van der Waals surface area contributed by atoms with Gasteiger partial charge in [0.05, 0.1) is 10.6 Å². The first-order valence-electron chi connectivity index (χ1n) is 8.47. The highest BCUT2D eigenvalue weighted by atomic mass is 35.5. The molecule has 9 heteroatoms. The van der Waals surface area contributed by atoms with Gasteiger partial charge in [-0.2, -0.15) is 5.10 Å².